The number of pyridine rings is 1. The fraction of sp³-hybridized carbons (Fsp3) is 0.357. The Balaban J connectivity index is 1.53. The maximum atomic E-state index is 13.4. The average Bonchev–Trinajstić information content (AvgIpc) is 3.57. The first kappa shape index (κ1) is 28.6. The van der Waals surface area contributed by atoms with Crippen LogP contribution in [0.1, 0.15) is 48.8 Å². The van der Waals surface area contributed by atoms with Gasteiger partial charge in [0, 0.05) is 36.9 Å². The molecule has 1 unspecified atom stereocenters. The van der Waals surface area contributed by atoms with E-state index in [0.717, 1.165) is 24.2 Å². The van der Waals surface area contributed by atoms with Crippen LogP contribution in [0.25, 0.3) is 21.6 Å². The van der Waals surface area contributed by atoms with Crippen LogP contribution < -0.4 is 5.32 Å². The van der Waals surface area contributed by atoms with Crippen molar-refractivity contribution in [3.05, 3.63) is 65.4 Å². The van der Waals surface area contributed by atoms with E-state index in [2.05, 4.69) is 15.3 Å². The number of likely N-dealkylation sites (tertiary alicyclic amines) is 1. The largest absolute Gasteiger partial charge is 0.477 e. The van der Waals surface area contributed by atoms with Crippen LogP contribution in [0.15, 0.2) is 55.0 Å². The number of amides is 1. The molecule has 1 aliphatic rings. The first-order chi connectivity index (χ1) is 19.4. The van der Waals surface area contributed by atoms with Gasteiger partial charge in [0.05, 0.1) is 23.2 Å². The third-order valence-corrected chi connectivity index (χ3v) is 9.15. The van der Waals surface area contributed by atoms with Crippen LogP contribution in [-0.4, -0.2) is 69.2 Å². The molecule has 0 radical (unpaired) electrons. The van der Waals surface area contributed by atoms with Crippen molar-refractivity contribution in [2.75, 3.05) is 18.4 Å². The summed E-state index contributed by atoms with van der Waals surface area (Å²) in [6.07, 6.45) is 5.38. The summed E-state index contributed by atoms with van der Waals surface area (Å²) in [7, 11) is -3.80. The molecule has 1 atom stereocenters. The average molecular weight is 598 g/mol. The Bertz CT molecular complexity index is 1690. The molecule has 4 heterocycles. The number of thiazole rings is 1. The van der Waals surface area contributed by atoms with Gasteiger partial charge in [0.2, 0.25) is 10.0 Å². The van der Waals surface area contributed by atoms with Crippen LogP contribution in [0.5, 0.6) is 0 Å². The second-order valence-electron chi connectivity index (χ2n) is 10.9. The molecule has 216 valence electrons. The summed E-state index contributed by atoms with van der Waals surface area (Å²) in [5.74, 6) is -1.29. The molecule has 0 saturated carbocycles. The number of carboxylic acid groups (broad SMARTS) is 1. The number of benzene rings is 1. The first-order valence-corrected chi connectivity index (χ1v) is 15.5. The molecule has 0 aliphatic carbocycles. The SMILES string of the molecule is CC(C)(C)OC(=O)N1CCCC(Nc2c(-c3ncc(C(=O)O)s3)cnc3c2ccn3S(=O)(=O)Cc2ccccc2)C1. The number of ether oxygens (including phenoxy) is 1. The molecule has 1 amide bonds. The molecule has 0 bridgehead atoms. The second-order valence-corrected chi connectivity index (χ2v) is 13.8. The lowest BCUT2D eigenvalue weighted by atomic mass is 10.0. The van der Waals surface area contributed by atoms with Crippen molar-refractivity contribution in [3.63, 3.8) is 0 Å². The highest BCUT2D eigenvalue weighted by Gasteiger charge is 2.29. The standard InChI is InChI=1S/C28H31N5O6S2/c1-28(2,3)39-27(36)32-12-7-10-19(16-32)31-23-20-11-13-33(41(37,38)17-18-8-5-4-6-9-18)24(20)29-14-21(23)25-30-15-22(40-25)26(34)35/h4-6,8-9,11,13-15,19H,7,10,12,16-17H2,1-3H3,(H,29,31)(H,34,35). The van der Waals surface area contributed by atoms with Crippen molar-refractivity contribution >= 4 is 50.1 Å². The van der Waals surface area contributed by atoms with Gasteiger partial charge in [-0.15, -0.1) is 11.3 Å². The quantitative estimate of drug-likeness (QED) is 0.299. The summed E-state index contributed by atoms with van der Waals surface area (Å²) in [5, 5.41) is 13.9. The minimum Gasteiger partial charge on any atom is -0.477 e. The highest BCUT2D eigenvalue weighted by molar-refractivity contribution is 7.89. The number of carbonyl (C=O) groups is 2. The van der Waals surface area contributed by atoms with Crippen molar-refractivity contribution < 1.29 is 27.9 Å². The summed E-state index contributed by atoms with van der Waals surface area (Å²) in [4.78, 5) is 34.9. The lowest BCUT2D eigenvalue weighted by Gasteiger charge is -2.35. The van der Waals surface area contributed by atoms with E-state index in [-0.39, 0.29) is 22.3 Å². The predicted octanol–water partition coefficient (Wildman–Crippen LogP) is 5.05. The van der Waals surface area contributed by atoms with Crippen LogP contribution in [0, 0.1) is 0 Å². The molecule has 1 aliphatic heterocycles. The molecular weight excluding hydrogens is 566 g/mol. The molecule has 13 heteroatoms. The summed E-state index contributed by atoms with van der Waals surface area (Å²) >= 11 is 1.00. The van der Waals surface area contributed by atoms with E-state index in [4.69, 9.17) is 4.74 Å². The number of nitrogens with zero attached hydrogens (tertiary/aromatic N) is 4. The topological polar surface area (TPSA) is 144 Å². The molecule has 0 spiro atoms. The third kappa shape index (κ3) is 6.35. The number of carboxylic acids is 1. The molecule has 1 fully saturated rings. The molecule has 5 rings (SSSR count). The van der Waals surface area contributed by atoms with Gasteiger partial charge >= 0.3 is 12.1 Å². The zero-order chi connectivity index (χ0) is 29.4. The van der Waals surface area contributed by atoms with Gasteiger partial charge in [-0.2, -0.15) is 0 Å². The Morgan fingerprint density at radius 2 is 1.90 bits per heavy atom. The van der Waals surface area contributed by atoms with Crippen molar-refractivity contribution in [1.82, 2.24) is 18.8 Å². The Labute approximate surface area is 241 Å². The first-order valence-electron chi connectivity index (χ1n) is 13.1. The van der Waals surface area contributed by atoms with Gasteiger partial charge < -0.3 is 20.1 Å². The number of piperidine rings is 1. The van der Waals surface area contributed by atoms with Crippen molar-refractivity contribution in [1.29, 1.82) is 0 Å². The van der Waals surface area contributed by atoms with Crippen LogP contribution in [0.4, 0.5) is 10.5 Å². The van der Waals surface area contributed by atoms with Gasteiger partial charge in [-0.05, 0) is 45.2 Å². The molecule has 4 aromatic rings. The van der Waals surface area contributed by atoms with E-state index in [9.17, 15) is 23.1 Å². The summed E-state index contributed by atoms with van der Waals surface area (Å²) in [6, 6.07) is 10.4. The molecule has 1 aromatic carbocycles. The number of aromatic nitrogens is 3. The molecule has 2 N–H and O–H groups in total. The highest BCUT2D eigenvalue weighted by atomic mass is 32.2. The lowest BCUT2D eigenvalue weighted by Crippen LogP contribution is -2.47. The van der Waals surface area contributed by atoms with E-state index >= 15 is 0 Å². The van der Waals surface area contributed by atoms with Gasteiger partial charge in [0.25, 0.3) is 0 Å². The lowest BCUT2D eigenvalue weighted by molar-refractivity contribution is 0.0206. The van der Waals surface area contributed by atoms with Gasteiger partial charge in [0.15, 0.2) is 5.65 Å². The number of fused-ring (bicyclic) bond motifs is 1. The second kappa shape index (κ2) is 11.1. The van der Waals surface area contributed by atoms with Gasteiger partial charge in [-0.25, -0.2) is 31.9 Å². The fourth-order valence-corrected chi connectivity index (χ4v) is 6.93. The molecule has 11 nitrogen and oxygen atoms in total. The van der Waals surface area contributed by atoms with Gasteiger partial charge in [-0.3, -0.25) is 0 Å². The number of hydrogen-bond acceptors (Lipinski definition) is 9. The maximum Gasteiger partial charge on any atom is 0.410 e. The van der Waals surface area contributed by atoms with E-state index in [1.54, 1.807) is 35.2 Å². The number of aromatic carboxylic acids is 1. The van der Waals surface area contributed by atoms with Crippen LogP contribution in [0.3, 0.4) is 0 Å². The number of nitrogens with one attached hydrogen (secondary N) is 1. The third-order valence-electron chi connectivity index (χ3n) is 6.54. The normalized spacial score (nSPS) is 16.1. The van der Waals surface area contributed by atoms with Crippen LogP contribution >= 0.6 is 11.3 Å². The Kier molecular flexibility index (Phi) is 7.75. The van der Waals surface area contributed by atoms with Gasteiger partial charge in [-0.1, -0.05) is 30.3 Å². The molecule has 41 heavy (non-hydrogen) atoms. The van der Waals surface area contributed by atoms with Gasteiger partial charge in [0.1, 0.15) is 15.5 Å². The number of rotatable bonds is 7. The van der Waals surface area contributed by atoms with E-state index in [1.165, 1.54) is 22.6 Å². The number of anilines is 1. The number of carbonyl (C=O) groups excluding carboxylic acids is 1. The highest BCUT2D eigenvalue weighted by Crippen LogP contribution is 2.38. The molecule has 3 aromatic heterocycles. The predicted molar refractivity (Wildman–Crippen MR) is 157 cm³/mol. The Morgan fingerprint density at radius 3 is 2.59 bits per heavy atom. The summed E-state index contributed by atoms with van der Waals surface area (Å²) in [6.45, 7) is 6.40. The fourth-order valence-electron chi connectivity index (χ4n) is 4.75. The molecule has 1 saturated heterocycles. The van der Waals surface area contributed by atoms with E-state index in [0.29, 0.717) is 40.3 Å². The zero-order valence-corrected chi connectivity index (χ0v) is 24.5. The molecular formula is C28H31N5O6S2. The van der Waals surface area contributed by atoms with Crippen molar-refractivity contribution in [2.45, 2.75) is 51.0 Å². The van der Waals surface area contributed by atoms with E-state index in [1.807, 2.05) is 26.8 Å². The maximum absolute atomic E-state index is 13.4. The Morgan fingerprint density at radius 1 is 1.15 bits per heavy atom. The zero-order valence-electron chi connectivity index (χ0n) is 22.9. The summed E-state index contributed by atoms with van der Waals surface area (Å²) < 4.78 is 33.6. The van der Waals surface area contributed by atoms with Crippen LogP contribution in [0.2, 0.25) is 0 Å². The monoisotopic (exact) mass is 597 g/mol. The minimum atomic E-state index is -3.80. The smallest absolute Gasteiger partial charge is 0.410 e. The van der Waals surface area contributed by atoms with Crippen LogP contribution in [-0.2, 0) is 20.5 Å². The minimum absolute atomic E-state index is 0.0721. The summed E-state index contributed by atoms with van der Waals surface area (Å²) in [5.41, 5.74) is 1.39. The van der Waals surface area contributed by atoms with Crippen molar-refractivity contribution in [2.24, 2.45) is 0 Å². The number of hydrogen-bond donors (Lipinski definition) is 2. The van der Waals surface area contributed by atoms with E-state index < -0.39 is 27.7 Å². The van der Waals surface area contributed by atoms with Crippen molar-refractivity contribution in [3.8, 4) is 10.6 Å². The Hall–Kier alpha value is -3.97.